The van der Waals surface area contributed by atoms with Gasteiger partial charge in [0.15, 0.2) is 0 Å². The van der Waals surface area contributed by atoms with Gasteiger partial charge in [-0.15, -0.1) is 6.58 Å². The van der Waals surface area contributed by atoms with Crippen LogP contribution in [0.25, 0.3) is 6.08 Å². The van der Waals surface area contributed by atoms with Crippen molar-refractivity contribution in [3.63, 3.8) is 0 Å². The van der Waals surface area contributed by atoms with Crippen molar-refractivity contribution < 1.29 is 10.2 Å². The fourth-order valence-electron chi connectivity index (χ4n) is 1.82. The van der Waals surface area contributed by atoms with Crippen molar-refractivity contribution in [2.24, 2.45) is 0 Å². The molecule has 19 heavy (non-hydrogen) atoms. The monoisotopic (exact) mass is 252 g/mol. The van der Waals surface area contributed by atoms with Crippen molar-refractivity contribution in [3.05, 3.63) is 78.4 Å². The Morgan fingerprint density at radius 1 is 0.842 bits per heavy atom. The fourth-order valence-corrected chi connectivity index (χ4v) is 1.82. The van der Waals surface area contributed by atoms with E-state index in [1.54, 1.807) is 24.3 Å². The van der Waals surface area contributed by atoms with Crippen LogP contribution in [-0.2, 0) is 0 Å². The van der Waals surface area contributed by atoms with E-state index in [1.807, 2.05) is 42.5 Å². The molecule has 2 N–H and O–H groups in total. The predicted molar refractivity (Wildman–Crippen MR) is 78.2 cm³/mol. The molecule has 0 spiro atoms. The highest BCUT2D eigenvalue weighted by atomic mass is 16.3. The first kappa shape index (κ1) is 13.0. The summed E-state index contributed by atoms with van der Waals surface area (Å²) in [6.45, 7) is 3.83. The van der Waals surface area contributed by atoms with Crippen LogP contribution in [0.5, 0.6) is 11.5 Å². The molecule has 0 saturated heterocycles. The van der Waals surface area contributed by atoms with Gasteiger partial charge in [-0.2, -0.15) is 0 Å². The van der Waals surface area contributed by atoms with Gasteiger partial charge in [-0.3, -0.25) is 0 Å². The molecular formula is C17H16O2. The topological polar surface area (TPSA) is 40.5 Å². The lowest BCUT2D eigenvalue weighted by Crippen LogP contribution is -1.89. The van der Waals surface area contributed by atoms with Crippen LogP contribution < -0.4 is 0 Å². The molecule has 0 heterocycles. The summed E-state index contributed by atoms with van der Waals surface area (Å²) in [5, 5.41) is 18.5. The Morgan fingerprint density at radius 3 is 1.89 bits per heavy atom. The molecule has 0 bridgehead atoms. The molecule has 0 unspecified atom stereocenters. The second-order valence-corrected chi connectivity index (χ2v) is 4.30. The minimum Gasteiger partial charge on any atom is -0.508 e. The molecule has 1 atom stereocenters. The van der Waals surface area contributed by atoms with E-state index < -0.39 is 0 Å². The third-order valence-electron chi connectivity index (χ3n) is 2.92. The Morgan fingerprint density at radius 2 is 1.37 bits per heavy atom. The molecule has 0 amide bonds. The first-order chi connectivity index (χ1) is 9.19. The van der Waals surface area contributed by atoms with Crippen LogP contribution in [0.2, 0.25) is 0 Å². The highest BCUT2D eigenvalue weighted by Gasteiger charge is 2.03. The van der Waals surface area contributed by atoms with E-state index in [1.165, 1.54) is 0 Å². The highest BCUT2D eigenvalue weighted by molar-refractivity contribution is 5.52. The lowest BCUT2D eigenvalue weighted by atomic mass is 9.98. The number of benzene rings is 2. The van der Waals surface area contributed by atoms with Gasteiger partial charge >= 0.3 is 0 Å². The molecule has 96 valence electrons. The zero-order chi connectivity index (χ0) is 13.7. The molecule has 0 aliphatic carbocycles. The largest absolute Gasteiger partial charge is 0.508 e. The lowest BCUT2D eigenvalue weighted by Gasteiger charge is -2.08. The molecule has 2 aromatic carbocycles. The summed E-state index contributed by atoms with van der Waals surface area (Å²) in [6.07, 6.45) is 5.87. The van der Waals surface area contributed by atoms with Gasteiger partial charge in [0.1, 0.15) is 11.5 Å². The minimum absolute atomic E-state index is 0.0920. The maximum atomic E-state index is 9.28. The van der Waals surface area contributed by atoms with Crippen LogP contribution >= 0.6 is 0 Å². The summed E-state index contributed by atoms with van der Waals surface area (Å²) in [5.74, 6) is 0.611. The number of phenolic OH excluding ortho intramolecular Hbond substituents is 2. The molecular weight excluding hydrogens is 236 g/mol. The van der Waals surface area contributed by atoms with Crippen molar-refractivity contribution in [1.29, 1.82) is 0 Å². The molecule has 2 nitrogen and oxygen atoms in total. The van der Waals surface area contributed by atoms with Gasteiger partial charge in [0.25, 0.3) is 0 Å². The van der Waals surface area contributed by atoms with Gasteiger partial charge in [-0.25, -0.2) is 0 Å². The Hall–Kier alpha value is -2.48. The van der Waals surface area contributed by atoms with Crippen LogP contribution in [0.4, 0.5) is 0 Å². The van der Waals surface area contributed by atoms with E-state index in [9.17, 15) is 10.2 Å². The molecule has 0 aliphatic rings. The van der Waals surface area contributed by atoms with Crippen LogP contribution in [0.3, 0.4) is 0 Å². The second kappa shape index (κ2) is 5.91. The third kappa shape index (κ3) is 3.49. The average Bonchev–Trinajstić information content (AvgIpc) is 2.43. The number of rotatable bonds is 4. The zero-order valence-electron chi connectivity index (χ0n) is 10.5. The van der Waals surface area contributed by atoms with Gasteiger partial charge in [0, 0.05) is 5.92 Å². The van der Waals surface area contributed by atoms with Crippen molar-refractivity contribution in [3.8, 4) is 11.5 Å². The Labute approximate surface area is 113 Å². The van der Waals surface area contributed by atoms with Gasteiger partial charge in [0.05, 0.1) is 0 Å². The number of hydrogen-bond acceptors (Lipinski definition) is 2. The SMILES string of the molecule is C=C[C@@H](/C=C/c1ccc(O)cc1)c1ccc(O)cc1. The Balaban J connectivity index is 2.17. The third-order valence-corrected chi connectivity index (χ3v) is 2.92. The van der Waals surface area contributed by atoms with Crippen LogP contribution in [0.15, 0.2) is 67.3 Å². The summed E-state index contributed by atoms with van der Waals surface area (Å²) in [5.41, 5.74) is 2.09. The van der Waals surface area contributed by atoms with E-state index in [0.717, 1.165) is 11.1 Å². The minimum atomic E-state index is 0.0920. The molecule has 0 fully saturated rings. The fraction of sp³-hybridized carbons (Fsp3) is 0.0588. The summed E-state index contributed by atoms with van der Waals surface area (Å²) in [4.78, 5) is 0. The first-order valence-electron chi connectivity index (χ1n) is 6.08. The smallest absolute Gasteiger partial charge is 0.115 e. The molecule has 2 aromatic rings. The highest BCUT2D eigenvalue weighted by Crippen LogP contribution is 2.22. The van der Waals surface area contributed by atoms with E-state index >= 15 is 0 Å². The number of allylic oxidation sites excluding steroid dienone is 2. The molecule has 0 aromatic heterocycles. The number of hydrogen-bond donors (Lipinski definition) is 2. The molecule has 2 rings (SSSR count). The molecule has 2 heteroatoms. The average molecular weight is 252 g/mol. The molecule has 0 saturated carbocycles. The van der Waals surface area contributed by atoms with Crippen molar-refractivity contribution in [1.82, 2.24) is 0 Å². The molecule has 0 aliphatic heterocycles. The second-order valence-electron chi connectivity index (χ2n) is 4.30. The lowest BCUT2D eigenvalue weighted by molar-refractivity contribution is 0.474. The van der Waals surface area contributed by atoms with Crippen molar-refractivity contribution >= 4 is 6.08 Å². The van der Waals surface area contributed by atoms with E-state index in [2.05, 4.69) is 6.58 Å². The van der Waals surface area contributed by atoms with E-state index in [0.29, 0.717) is 0 Å². The van der Waals surface area contributed by atoms with E-state index in [-0.39, 0.29) is 17.4 Å². The standard InChI is InChI=1S/C17H16O2/c1-2-14(15-7-11-17(19)12-8-15)6-3-13-4-9-16(18)10-5-13/h2-12,14,18-19H,1H2/b6-3+/t14-/m0/s1. The van der Waals surface area contributed by atoms with Crippen LogP contribution in [0.1, 0.15) is 17.0 Å². The predicted octanol–water partition coefficient (Wildman–Crippen LogP) is 4.08. The molecule has 0 radical (unpaired) electrons. The normalized spacial score (nSPS) is 12.4. The maximum Gasteiger partial charge on any atom is 0.115 e. The van der Waals surface area contributed by atoms with Gasteiger partial charge < -0.3 is 10.2 Å². The zero-order valence-corrected chi connectivity index (χ0v) is 10.5. The number of aromatic hydroxyl groups is 2. The van der Waals surface area contributed by atoms with Crippen LogP contribution in [-0.4, -0.2) is 10.2 Å². The first-order valence-corrected chi connectivity index (χ1v) is 6.08. The van der Waals surface area contributed by atoms with Crippen molar-refractivity contribution in [2.45, 2.75) is 5.92 Å². The summed E-state index contributed by atoms with van der Waals surface area (Å²) in [6, 6.07) is 14.1. The van der Waals surface area contributed by atoms with Gasteiger partial charge in [-0.1, -0.05) is 42.5 Å². The number of phenols is 2. The Kier molecular flexibility index (Phi) is 4.04. The summed E-state index contributed by atoms with van der Waals surface area (Å²) >= 11 is 0. The van der Waals surface area contributed by atoms with Gasteiger partial charge in [0.2, 0.25) is 0 Å². The van der Waals surface area contributed by atoms with Crippen LogP contribution in [0, 0.1) is 0 Å². The van der Waals surface area contributed by atoms with E-state index in [4.69, 9.17) is 0 Å². The van der Waals surface area contributed by atoms with Gasteiger partial charge in [-0.05, 0) is 35.4 Å². The summed E-state index contributed by atoms with van der Waals surface area (Å²) in [7, 11) is 0. The van der Waals surface area contributed by atoms with Crippen molar-refractivity contribution in [2.75, 3.05) is 0 Å². The Bertz CT molecular complexity index is 565. The summed E-state index contributed by atoms with van der Waals surface area (Å²) < 4.78 is 0. The maximum absolute atomic E-state index is 9.28. The quantitative estimate of drug-likeness (QED) is 0.805.